The number of hydrogen-bond acceptors (Lipinski definition) is 2. The quantitative estimate of drug-likeness (QED) is 0.743. The number of fused-ring (bicyclic) bond motifs is 2. The van der Waals surface area contributed by atoms with Crippen LogP contribution in [-0.4, -0.2) is 47.1 Å². The first-order valence-corrected chi connectivity index (χ1v) is 8.05. The number of piperazine rings is 1. The molecule has 2 heteroatoms. The van der Waals surface area contributed by atoms with Crippen molar-refractivity contribution in [2.24, 2.45) is 5.92 Å². The van der Waals surface area contributed by atoms with Gasteiger partial charge >= 0.3 is 0 Å². The summed E-state index contributed by atoms with van der Waals surface area (Å²) in [7, 11) is 0. The van der Waals surface area contributed by atoms with Crippen LogP contribution in [0.1, 0.15) is 59.3 Å². The van der Waals surface area contributed by atoms with Crippen LogP contribution in [0.25, 0.3) is 0 Å². The molecule has 0 N–H and O–H groups in total. The molecule has 18 heavy (non-hydrogen) atoms. The van der Waals surface area contributed by atoms with Gasteiger partial charge in [-0.1, -0.05) is 19.3 Å². The first-order chi connectivity index (χ1) is 8.54. The molecule has 0 spiro atoms. The lowest BCUT2D eigenvalue weighted by molar-refractivity contribution is 0.0482. The molecule has 1 aliphatic carbocycles. The number of nitrogens with zero attached hydrogens (tertiary/aromatic N) is 2. The largest absolute Gasteiger partial charge is 0.297 e. The van der Waals surface area contributed by atoms with Gasteiger partial charge in [-0.05, 0) is 46.0 Å². The van der Waals surface area contributed by atoms with E-state index in [9.17, 15) is 0 Å². The lowest BCUT2D eigenvalue weighted by Gasteiger charge is -2.43. The van der Waals surface area contributed by atoms with Crippen LogP contribution in [0.3, 0.4) is 0 Å². The van der Waals surface area contributed by atoms with Crippen LogP contribution in [-0.2, 0) is 0 Å². The summed E-state index contributed by atoms with van der Waals surface area (Å²) in [6.45, 7) is 11.2. The van der Waals surface area contributed by atoms with Gasteiger partial charge in [-0.2, -0.15) is 0 Å². The van der Waals surface area contributed by atoms with Crippen molar-refractivity contribution < 1.29 is 0 Å². The maximum absolute atomic E-state index is 2.82. The van der Waals surface area contributed by atoms with Crippen molar-refractivity contribution in [1.29, 1.82) is 0 Å². The zero-order valence-corrected chi connectivity index (χ0v) is 12.5. The van der Waals surface area contributed by atoms with E-state index in [1.807, 2.05) is 0 Å². The maximum atomic E-state index is 2.82. The average molecular weight is 250 g/mol. The van der Waals surface area contributed by atoms with Crippen molar-refractivity contribution >= 4 is 0 Å². The number of rotatable bonds is 2. The average Bonchev–Trinajstić information content (AvgIpc) is 2.89. The van der Waals surface area contributed by atoms with Gasteiger partial charge in [0.15, 0.2) is 0 Å². The van der Waals surface area contributed by atoms with Crippen molar-refractivity contribution in [3.8, 4) is 0 Å². The molecule has 2 heterocycles. The monoisotopic (exact) mass is 250 g/mol. The fourth-order valence-electron chi connectivity index (χ4n) is 4.50. The van der Waals surface area contributed by atoms with E-state index in [2.05, 4.69) is 30.6 Å². The summed E-state index contributed by atoms with van der Waals surface area (Å²) in [6, 6.07) is 1.72. The highest BCUT2D eigenvalue weighted by atomic mass is 15.4. The van der Waals surface area contributed by atoms with Gasteiger partial charge in [-0.25, -0.2) is 0 Å². The molecule has 2 bridgehead atoms. The minimum Gasteiger partial charge on any atom is -0.297 e. The van der Waals surface area contributed by atoms with Crippen LogP contribution >= 0.6 is 0 Å². The summed E-state index contributed by atoms with van der Waals surface area (Å²) in [5.74, 6) is 1.01. The number of likely N-dealkylation sites (tertiary alicyclic amines) is 2. The summed E-state index contributed by atoms with van der Waals surface area (Å²) >= 11 is 0. The predicted molar refractivity (Wildman–Crippen MR) is 76.8 cm³/mol. The summed E-state index contributed by atoms with van der Waals surface area (Å²) in [6.07, 6.45) is 8.89. The molecule has 0 amide bonds. The predicted octanol–water partition coefficient (Wildman–Crippen LogP) is 3.12. The molecule has 2 aliphatic heterocycles. The van der Waals surface area contributed by atoms with E-state index in [-0.39, 0.29) is 0 Å². The summed E-state index contributed by atoms with van der Waals surface area (Å²) in [4.78, 5) is 5.57. The van der Waals surface area contributed by atoms with Crippen LogP contribution in [0, 0.1) is 5.92 Å². The zero-order valence-electron chi connectivity index (χ0n) is 12.5. The molecule has 2 nitrogen and oxygen atoms in total. The zero-order chi connectivity index (χ0) is 12.8. The highest BCUT2D eigenvalue weighted by Crippen LogP contribution is 2.37. The van der Waals surface area contributed by atoms with Gasteiger partial charge in [0.05, 0.1) is 0 Å². The Bertz CT molecular complexity index is 288. The smallest absolute Gasteiger partial charge is 0.0244 e. The van der Waals surface area contributed by atoms with E-state index in [1.54, 1.807) is 0 Å². The van der Waals surface area contributed by atoms with E-state index < -0.39 is 0 Å². The van der Waals surface area contributed by atoms with Gasteiger partial charge in [-0.15, -0.1) is 0 Å². The fourth-order valence-corrected chi connectivity index (χ4v) is 4.50. The molecule has 1 saturated carbocycles. The van der Waals surface area contributed by atoms with Crippen LogP contribution in [0.4, 0.5) is 0 Å². The summed E-state index contributed by atoms with van der Waals surface area (Å²) in [5, 5.41) is 0. The second-order valence-corrected chi connectivity index (χ2v) is 7.82. The van der Waals surface area contributed by atoms with E-state index in [1.165, 1.54) is 58.2 Å². The Kier molecular flexibility index (Phi) is 3.44. The Labute approximate surface area is 113 Å². The standard InChI is InChI=1S/C16H30N2/c1-16(2,3)18-12-14-9-15(18)11-17(14)10-13-7-5-4-6-8-13/h13-15H,4-12H2,1-3H3. The first-order valence-electron chi connectivity index (χ1n) is 8.05. The Morgan fingerprint density at radius 1 is 0.944 bits per heavy atom. The highest BCUT2D eigenvalue weighted by molar-refractivity contribution is 5.03. The minimum atomic E-state index is 0.371. The molecule has 2 unspecified atom stereocenters. The summed E-state index contributed by atoms with van der Waals surface area (Å²) < 4.78 is 0. The van der Waals surface area contributed by atoms with Gasteiger partial charge in [0, 0.05) is 37.3 Å². The van der Waals surface area contributed by atoms with Crippen molar-refractivity contribution in [3.05, 3.63) is 0 Å². The summed E-state index contributed by atoms with van der Waals surface area (Å²) in [5.41, 5.74) is 0.371. The van der Waals surface area contributed by atoms with E-state index in [0.29, 0.717) is 5.54 Å². The second kappa shape index (κ2) is 4.79. The molecular weight excluding hydrogens is 220 g/mol. The fraction of sp³-hybridized carbons (Fsp3) is 1.00. The lowest BCUT2D eigenvalue weighted by Crippen LogP contribution is -2.54. The molecule has 2 saturated heterocycles. The molecular formula is C16H30N2. The van der Waals surface area contributed by atoms with Gasteiger partial charge < -0.3 is 0 Å². The van der Waals surface area contributed by atoms with Crippen LogP contribution in [0.2, 0.25) is 0 Å². The Balaban J connectivity index is 1.54. The van der Waals surface area contributed by atoms with Crippen molar-refractivity contribution in [3.63, 3.8) is 0 Å². The SMILES string of the molecule is CC(C)(C)N1CC2CC1CN2CC1CCCCC1. The van der Waals surface area contributed by atoms with Crippen molar-refractivity contribution in [2.75, 3.05) is 19.6 Å². The van der Waals surface area contributed by atoms with Crippen molar-refractivity contribution in [1.82, 2.24) is 9.80 Å². The highest BCUT2D eigenvalue weighted by Gasteiger charge is 2.46. The number of hydrogen-bond donors (Lipinski definition) is 0. The Hall–Kier alpha value is -0.0800. The van der Waals surface area contributed by atoms with Crippen LogP contribution in [0.5, 0.6) is 0 Å². The first kappa shape index (κ1) is 12.9. The van der Waals surface area contributed by atoms with Crippen LogP contribution < -0.4 is 0 Å². The van der Waals surface area contributed by atoms with Gasteiger partial charge in [0.25, 0.3) is 0 Å². The third-order valence-corrected chi connectivity index (χ3v) is 5.43. The molecule has 0 aromatic carbocycles. The molecule has 3 rings (SSSR count). The normalized spacial score (nSPS) is 35.5. The lowest BCUT2D eigenvalue weighted by atomic mass is 9.88. The topological polar surface area (TPSA) is 6.48 Å². The van der Waals surface area contributed by atoms with E-state index >= 15 is 0 Å². The van der Waals surface area contributed by atoms with E-state index in [4.69, 9.17) is 0 Å². The minimum absolute atomic E-state index is 0.371. The Morgan fingerprint density at radius 2 is 1.67 bits per heavy atom. The van der Waals surface area contributed by atoms with E-state index in [0.717, 1.165) is 18.0 Å². The molecule has 0 aromatic rings. The third kappa shape index (κ3) is 2.46. The third-order valence-electron chi connectivity index (χ3n) is 5.43. The maximum Gasteiger partial charge on any atom is 0.0244 e. The molecule has 3 aliphatic rings. The molecule has 104 valence electrons. The molecule has 3 fully saturated rings. The second-order valence-electron chi connectivity index (χ2n) is 7.82. The Morgan fingerprint density at radius 3 is 2.22 bits per heavy atom. The van der Waals surface area contributed by atoms with Crippen LogP contribution in [0.15, 0.2) is 0 Å². The molecule has 0 aromatic heterocycles. The van der Waals surface area contributed by atoms with Gasteiger partial charge in [-0.3, -0.25) is 9.80 Å². The molecule has 0 radical (unpaired) electrons. The van der Waals surface area contributed by atoms with Crippen molar-refractivity contribution in [2.45, 2.75) is 76.9 Å². The van der Waals surface area contributed by atoms with Gasteiger partial charge in [0.1, 0.15) is 0 Å². The van der Waals surface area contributed by atoms with Gasteiger partial charge in [0.2, 0.25) is 0 Å². The molecule has 2 atom stereocenters.